The Morgan fingerprint density at radius 2 is 2.10 bits per heavy atom. The van der Waals surface area contributed by atoms with Crippen LogP contribution >= 0.6 is 39.0 Å². The van der Waals surface area contributed by atoms with Gasteiger partial charge in [0.15, 0.2) is 5.16 Å². The Morgan fingerprint density at radius 3 is 2.70 bits per heavy atom. The van der Waals surface area contributed by atoms with Gasteiger partial charge in [0.25, 0.3) is 0 Å². The fourth-order valence-corrected chi connectivity index (χ4v) is 2.97. The summed E-state index contributed by atoms with van der Waals surface area (Å²) in [7, 11) is 0. The maximum absolute atomic E-state index is 11.6. The number of hydrogen-bond donors (Lipinski definition) is 0. The minimum atomic E-state index is -0.259. The zero-order chi connectivity index (χ0) is 14.5. The molecule has 0 aliphatic rings. The molecular weight excluding hydrogens is 360 g/mol. The maximum Gasteiger partial charge on any atom is 0.316 e. The third kappa shape index (κ3) is 4.29. The van der Waals surface area contributed by atoms with Crippen molar-refractivity contribution < 1.29 is 9.53 Å². The van der Waals surface area contributed by atoms with Gasteiger partial charge in [-0.3, -0.25) is 4.79 Å². The molecule has 0 aliphatic heterocycles. The number of halogens is 1. The van der Waals surface area contributed by atoms with E-state index in [9.17, 15) is 4.79 Å². The van der Waals surface area contributed by atoms with E-state index < -0.39 is 0 Å². The SMILES string of the molecule is Cc1nc(SCC(=O)OCc2cccs2)nc(C)c1Br. The van der Waals surface area contributed by atoms with Crippen LogP contribution in [0, 0.1) is 13.8 Å². The van der Waals surface area contributed by atoms with Crippen LogP contribution in [-0.4, -0.2) is 21.7 Å². The molecule has 0 fully saturated rings. The van der Waals surface area contributed by atoms with Crippen molar-refractivity contribution in [2.75, 3.05) is 5.75 Å². The third-order valence-electron chi connectivity index (χ3n) is 2.44. The number of rotatable bonds is 5. The Hall–Kier alpha value is -0.920. The van der Waals surface area contributed by atoms with Gasteiger partial charge in [0.05, 0.1) is 21.6 Å². The number of thioether (sulfide) groups is 1. The second-order valence-corrected chi connectivity index (χ2v) is 6.79. The van der Waals surface area contributed by atoms with Crippen LogP contribution < -0.4 is 0 Å². The molecule has 4 nitrogen and oxygen atoms in total. The average molecular weight is 373 g/mol. The normalized spacial score (nSPS) is 10.6. The summed E-state index contributed by atoms with van der Waals surface area (Å²) in [5, 5.41) is 2.55. The van der Waals surface area contributed by atoms with Crippen molar-refractivity contribution in [2.24, 2.45) is 0 Å². The molecule has 2 rings (SSSR count). The molecule has 0 aromatic carbocycles. The van der Waals surface area contributed by atoms with Crippen molar-refractivity contribution in [3.8, 4) is 0 Å². The zero-order valence-corrected chi connectivity index (χ0v) is 14.3. The van der Waals surface area contributed by atoms with Gasteiger partial charge in [-0.1, -0.05) is 17.8 Å². The average Bonchev–Trinajstić information content (AvgIpc) is 2.93. The van der Waals surface area contributed by atoms with E-state index in [4.69, 9.17) is 4.74 Å². The summed E-state index contributed by atoms with van der Waals surface area (Å²) in [6.07, 6.45) is 0. The molecule has 2 aromatic rings. The van der Waals surface area contributed by atoms with Gasteiger partial charge in [-0.15, -0.1) is 11.3 Å². The molecule has 0 atom stereocenters. The van der Waals surface area contributed by atoms with E-state index in [0.717, 1.165) is 20.7 Å². The second kappa shape index (κ2) is 7.19. The lowest BCUT2D eigenvalue weighted by Gasteiger charge is -2.06. The summed E-state index contributed by atoms with van der Waals surface area (Å²) in [5.41, 5.74) is 1.74. The third-order valence-corrected chi connectivity index (χ3v) is 5.25. The molecule has 0 saturated heterocycles. The first-order valence-electron chi connectivity index (χ1n) is 5.88. The first kappa shape index (κ1) is 15.5. The summed E-state index contributed by atoms with van der Waals surface area (Å²) in [6.45, 7) is 4.13. The quantitative estimate of drug-likeness (QED) is 0.454. The van der Waals surface area contributed by atoms with E-state index in [1.54, 1.807) is 11.3 Å². The van der Waals surface area contributed by atoms with Crippen LogP contribution in [0.4, 0.5) is 0 Å². The number of hydrogen-bond acceptors (Lipinski definition) is 6. The van der Waals surface area contributed by atoms with Gasteiger partial charge in [-0.25, -0.2) is 9.97 Å². The van der Waals surface area contributed by atoms with Crippen LogP contribution in [0.15, 0.2) is 27.1 Å². The summed E-state index contributed by atoms with van der Waals surface area (Å²) >= 11 is 6.28. The minimum Gasteiger partial charge on any atom is -0.459 e. The van der Waals surface area contributed by atoms with E-state index in [1.165, 1.54) is 11.8 Å². The summed E-state index contributed by atoms with van der Waals surface area (Å²) in [5.74, 6) is -0.0449. The Bertz CT molecular complexity index is 579. The van der Waals surface area contributed by atoms with Crippen molar-refractivity contribution in [1.29, 1.82) is 0 Å². The van der Waals surface area contributed by atoms with Gasteiger partial charge in [0.2, 0.25) is 0 Å². The number of carbonyl (C=O) groups excluding carboxylic acids is 1. The van der Waals surface area contributed by atoms with E-state index in [-0.39, 0.29) is 11.7 Å². The van der Waals surface area contributed by atoms with Crippen LogP contribution in [0.1, 0.15) is 16.3 Å². The molecule has 0 N–H and O–H groups in total. The molecule has 20 heavy (non-hydrogen) atoms. The van der Waals surface area contributed by atoms with Crippen molar-refractivity contribution >= 4 is 45.0 Å². The van der Waals surface area contributed by atoms with Gasteiger partial charge in [-0.2, -0.15) is 0 Å². The number of aryl methyl sites for hydroxylation is 2. The van der Waals surface area contributed by atoms with E-state index in [0.29, 0.717) is 11.8 Å². The molecule has 0 amide bonds. The van der Waals surface area contributed by atoms with Crippen molar-refractivity contribution in [2.45, 2.75) is 25.6 Å². The molecule has 2 aromatic heterocycles. The fourth-order valence-electron chi connectivity index (χ4n) is 1.45. The van der Waals surface area contributed by atoms with E-state index >= 15 is 0 Å². The maximum atomic E-state index is 11.6. The Balaban J connectivity index is 1.84. The number of esters is 1. The number of ether oxygens (including phenoxy) is 1. The molecule has 0 bridgehead atoms. The van der Waals surface area contributed by atoms with Gasteiger partial charge >= 0.3 is 5.97 Å². The zero-order valence-electron chi connectivity index (χ0n) is 11.1. The van der Waals surface area contributed by atoms with Gasteiger partial charge in [0.1, 0.15) is 6.61 Å². The number of aromatic nitrogens is 2. The van der Waals surface area contributed by atoms with E-state index in [1.807, 2.05) is 31.4 Å². The first-order valence-corrected chi connectivity index (χ1v) is 8.53. The number of carbonyl (C=O) groups is 1. The predicted octanol–water partition coefficient (Wildman–Crippen LogP) is 3.75. The lowest BCUT2D eigenvalue weighted by atomic mass is 10.4. The van der Waals surface area contributed by atoms with Crippen molar-refractivity contribution in [3.63, 3.8) is 0 Å². The van der Waals surface area contributed by atoms with Crippen LogP contribution in [0.5, 0.6) is 0 Å². The molecule has 106 valence electrons. The highest BCUT2D eigenvalue weighted by molar-refractivity contribution is 9.10. The summed E-state index contributed by atoms with van der Waals surface area (Å²) in [6, 6.07) is 3.87. The minimum absolute atomic E-state index is 0.214. The molecule has 0 unspecified atom stereocenters. The largest absolute Gasteiger partial charge is 0.459 e. The Morgan fingerprint density at radius 1 is 1.40 bits per heavy atom. The lowest BCUT2D eigenvalue weighted by Crippen LogP contribution is -2.07. The Labute approximate surface area is 134 Å². The van der Waals surface area contributed by atoms with Crippen molar-refractivity contribution in [3.05, 3.63) is 38.3 Å². The van der Waals surface area contributed by atoms with Crippen LogP contribution in [0.3, 0.4) is 0 Å². The lowest BCUT2D eigenvalue weighted by molar-refractivity contribution is -0.141. The van der Waals surface area contributed by atoms with Crippen LogP contribution in [0.2, 0.25) is 0 Å². The second-order valence-electron chi connectivity index (χ2n) is 4.02. The standard InChI is InChI=1S/C13H13BrN2O2S2/c1-8-12(14)9(2)16-13(15-8)20-7-11(17)18-6-10-4-3-5-19-10/h3-5H,6-7H2,1-2H3. The monoisotopic (exact) mass is 372 g/mol. The molecular formula is C13H13BrN2O2S2. The van der Waals surface area contributed by atoms with Gasteiger partial charge in [0, 0.05) is 4.88 Å². The van der Waals surface area contributed by atoms with Crippen LogP contribution in [0.25, 0.3) is 0 Å². The molecule has 0 saturated carbocycles. The smallest absolute Gasteiger partial charge is 0.316 e. The van der Waals surface area contributed by atoms with Gasteiger partial charge < -0.3 is 4.74 Å². The van der Waals surface area contributed by atoms with E-state index in [2.05, 4.69) is 25.9 Å². The number of thiophene rings is 1. The summed E-state index contributed by atoms with van der Waals surface area (Å²) < 4.78 is 6.08. The molecule has 2 heterocycles. The highest BCUT2D eigenvalue weighted by Gasteiger charge is 2.10. The molecule has 7 heteroatoms. The number of nitrogens with zero attached hydrogens (tertiary/aromatic N) is 2. The van der Waals surface area contributed by atoms with Gasteiger partial charge in [-0.05, 0) is 41.2 Å². The topological polar surface area (TPSA) is 52.1 Å². The molecule has 0 radical (unpaired) electrons. The molecule has 0 spiro atoms. The van der Waals surface area contributed by atoms with Crippen molar-refractivity contribution in [1.82, 2.24) is 9.97 Å². The molecule has 0 aliphatic carbocycles. The fraction of sp³-hybridized carbons (Fsp3) is 0.308. The summed E-state index contributed by atoms with van der Waals surface area (Å²) in [4.78, 5) is 21.3. The highest BCUT2D eigenvalue weighted by Crippen LogP contribution is 2.22. The van der Waals surface area contributed by atoms with Crippen LogP contribution in [-0.2, 0) is 16.1 Å². The highest BCUT2D eigenvalue weighted by atomic mass is 79.9. The first-order chi connectivity index (χ1) is 9.56. The Kier molecular flexibility index (Phi) is 5.56. The predicted molar refractivity (Wildman–Crippen MR) is 84.0 cm³/mol.